The molecular formula is C15H16N2O4. The maximum atomic E-state index is 12.4. The third kappa shape index (κ3) is 3.28. The van der Waals surface area contributed by atoms with Gasteiger partial charge in [-0.1, -0.05) is 18.2 Å². The first-order valence-corrected chi connectivity index (χ1v) is 6.46. The summed E-state index contributed by atoms with van der Waals surface area (Å²) in [5, 5.41) is 3.87. The van der Waals surface area contributed by atoms with E-state index in [0.717, 1.165) is 5.39 Å². The molecule has 2 rings (SSSR count). The van der Waals surface area contributed by atoms with Crippen molar-refractivity contribution in [1.29, 1.82) is 0 Å². The van der Waals surface area contributed by atoms with Gasteiger partial charge in [0.05, 0.1) is 13.7 Å². The minimum Gasteiger partial charge on any atom is -0.467 e. The minimum absolute atomic E-state index is 0.0237. The Morgan fingerprint density at radius 1 is 1.29 bits per heavy atom. The second kappa shape index (κ2) is 6.21. The second-order valence-electron chi connectivity index (χ2n) is 4.64. The van der Waals surface area contributed by atoms with Gasteiger partial charge in [-0.15, -0.1) is 0 Å². The van der Waals surface area contributed by atoms with E-state index < -0.39 is 12.0 Å². The molecule has 1 unspecified atom stereocenters. The van der Waals surface area contributed by atoms with Crippen LogP contribution in [-0.4, -0.2) is 29.6 Å². The van der Waals surface area contributed by atoms with E-state index in [0.29, 0.717) is 5.39 Å². The Morgan fingerprint density at radius 2 is 2.00 bits per heavy atom. The van der Waals surface area contributed by atoms with E-state index in [1.165, 1.54) is 18.6 Å². The van der Waals surface area contributed by atoms with E-state index in [2.05, 4.69) is 10.1 Å². The van der Waals surface area contributed by atoms with E-state index in [1.807, 2.05) is 12.1 Å². The predicted molar refractivity (Wildman–Crippen MR) is 77.8 cm³/mol. The Balaban J connectivity index is 2.36. The molecule has 0 spiro atoms. The van der Waals surface area contributed by atoms with Crippen LogP contribution in [0.1, 0.15) is 6.92 Å². The fourth-order valence-electron chi connectivity index (χ4n) is 2.14. The molecule has 0 saturated carbocycles. The molecule has 0 saturated heterocycles. The third-order valence-electron chi connectivity index (χ3n) is 3.13. The molecule has 6 heteroatoms. The van der Waals surface area contributed by atoms with Crippen molar-refractivity contribution in [2.45, 2.75) is 19.5 Å². The zero-order chi connectivity index (χ0) is 15.4. The van der Waals surface area contributed by atoms with Crippen molar-refractivity contribution in [2.75, 3.05) is 7.11 Å². The number of amides is 1. The number of benzene rings is 1. The summed E-state index contributed by atoms with van der Waals surface area (Å²) < 4.78 is 6.03. The number of pyridine rings is 1. The Kier molecular flexibility index (Phi) is 4.37. The summed E-state index contributed by atoms with van der Waals surface area (Å²) in [7, 11) is 1.24. The first-order valence-electron chi connectivity index (χ1n) is 6.46. The summed E-state index contributed by atoms with van der Waals surface area (Å²) in [6.07, 6.45) is 1.60. The van der Waals surface area contributed by atoms with Gasteiger partial charge in [0.2, 0.25) is 5.91 Å². The van der Waals surface area contributed by atoms with Crippen molar-refractivity contribution in [3.63, 3.8) is 0 Å². The molecule has 0 radical (unpaired) electrons. The van der Waals surface area contributed by atoms with Crippen LogP contribution in [0.15, 0.2) is 41.3 Å². The Hall–Kier alpha value is -2.63. The molecule has 0 aliphatic heterocycles. The fraction of sp³-hybridized carbons (Fsp3) is 0.267. The van der Waals surface area contributed by atoms with Gasteiger partial charge in [0.25, 0.3) is 5.56 Å². The molecule has 1 aromatic heterocycles. The number of aromatic nitrogens is 1. The number of nitrogens with one attached hydrogen (secondary N) is 1. The van der Waals surface area contributed by atoms with Crippen LogP contribution in [0.4, 0.5) is 0 Å². The maximum Gasteiger partial charge on any atom is 0.330 e. The van der Waals surface area contributed by atoms with Gasteiger partial charge in [0.1, 0.15) is 6.04 Å². The normalized spacial score (nSPS) is 11.9. The third-order valence-corrected chi connectivity index (χ3v) is 3.13. The summed E-state index contributed by atoms with van der Waals surface area (Å²) in [4.78, 5) is 35.2. The summed E-state index contributed by atoms with van der Waals surface area (Å²) in [5.74, 6) is -0.954. The average molecular weight is 288 g/mol. The van der Waals surface area contributed by atoms with Crippen LogP contribution in [0.3, 0.4) is 0 Å². The monoisotopic (exact) mass is 288 g/mol. The van der Waals surface area contributed by atoms with E-state index in [9.17, 15) is 14.4 Å². The largest absolute Gasteiger partial charge is 0.467 e. The van der Waals surface area contributed by atoms with Gasteiger partial charge in [-0.05, 0) is 17.5 Å². The Labute approximate surface area is 121 Å². The highest BCUT2D eigenvalue weighted by atomic mass is 16.5. The van der Waals surface area contributed by atoms with Gasteiger partial charge >= 0.3 is 5.97 Å². The van der Waals surface area contributed by atoms with Gasteiger partial charge in [0.15, 0.2) is 0 Å². The van der Waals surface area contributed by atoms with Crippen molar-refractivity contribution < 1.29 is 14.3 Å². The van der Waals surface area contributed by atoms with E-state index in [1.54, 1.807) is 24.4 Å². The molecular weight excluding hydrogens is 272 g/mol. The van der Waals surface area contributed by atoms with Crippen molar-refractivity contribution in [3.05, 3.63) is 46.9 Å². The molecule has 6 nitrogen and oxygen atoms in total. The fourth-order valence-corrected chi connectivity index (χ4v) is 2.14. The number of esters is 1. The number of hydrogen-bond donors (Lipinski definition) is 1. The zero-order valence-corrected chi connectivity index (χ0v) is 11.8. The Bertz CT molecular complexity index is 736. The molecule has 1 atom stereocenters. The lowest BCUT2D eigenvalue weighted by Crippen LogP contribution is -2.45. The lowest BCUT2D eigenvalue weighted by atomic mass is 10.1. The SMILES string of the molecule is COC(=O)C(Cn1ccc2ccccc2c1=O)NC(C)=O. The molecule has 1 heterocycles. The highest BCUT2D eigenvalue weighted by molar-refractivity contribution is 5.83. The molecule has 1 amide bonds. The molecule has 0 aliphatic rings. The van der Waals surface area contributed by atoms with Crippen LogP contribution < -0.4 is 10.9 Å². The van der Waals surface area contributed by atoms with Crippen molar-refractivity contribution in [1.82, 2.24) is 9.88 Å². The predicted octanol–water partition coefficient (Wildman–Crippen LogP) is 0.679. The smallest absolute Gasteiger partial charge is 0.330 e. The lowest BCUT2D eigenvalue weighted by Gasteiger charge is -2.17. The number of rotatable bonds is 4. The second-order valence-corrected chi connectivity index (χ2v) is 4.64. The maximum absolute atomic E-state index is 12.4. The van der Waals surface area contributed by atoms with E-state index in [4.69, 9.17) is 0 Å². The van der Waals surface area contributed by atoms with E-state index >= 15 is 0 Å². The van der Waals surface area contributed by atoms with Crippen LogP contribution in [0, 0.1) is 0 Å². The van der Waals surface area contributed by atoms with Crippen LogP contribution in [-0.2, 0) is 20.9 Å². The Morgan fingerprint density at radius 3 is 2.67 bits per heavy atom. The van der Waals surface area contributed by atoms with Crippen molar-refractivity contribution in [3.8, 4) is 0 Å². The van der Waals surface area contributed by atoms with Crippen molar-refractivity contribution in [2.24, 2.45) is 0 Å². The van der Waals surface area contributed by atoms with Crippen LogP contribution >= 0.6 is 0 Å². The molecule has 1 N–H and O–H groups in total. The number of carbonyl (C=O) groups is 2. The van der Waals surface area contributed by atoms with Gasteiger partial charge in [-0.25, -0.2) is 4.79 Å². The molecule has 1 aromatic carbocycles. The van der Waals surface area contributed by atoms with Crippen molar-refractivity contribution >= 4 is 22.6 Å². The average Bonchev–Trinajstić information content (AvgIpc) is 2.48. The quantitative estimate of drug-likeness (QED) is 0.839. The van der Waals surface area contributed by atoms with E-state index in [-0.39, 0.29) is 18.0 Å². The number of hydrogen-bond acceptors (Lipinski definition) is 4. The summed E-state index contributed by atoms with van der Waals surface area (Å²) in [6, 6.07) is 8.08. The lowest BCUT2D eigenvalue weighted by molar-refractivity contribution is -0.145. The number of methoxy groups -OCH3 is 1. The number of carbonyl (C=O) groups excluding carboxylic acids is 2. The summed E-state index contributed by atoms with van der Waals surface area (Å²) in [6.45, 7) is 1.33. The number of fused-ring (bicyclic) bond motifs is 1. The molecule has 0 aliphatic carbocycles. The molecule has 21 heavy (non-hydrogen) atoms. The van der Waals surface area contributed by atoms with Gasteiger partial charge in [0, 0.05) is 18.5 Å². The first-order chi connectivity index (χ1) is 10.0. The van der Waals surface area contributed by atoms with Gasteiger partial charge < -0.3 is 14.6 Å². The molecule has 0 fully saturated rings. The highest BCUT2D eigenvalue weighted by Gasteiger charge is 2.21. The van der Waals surface area contributed by atoms with Gasteiger partial charge in [-0.2, -0.15) is 0 Å². The minimum atomic E-state index is -0.897. The molecule has 0 bridgehead atoms. The summed E-state index contributed by atoms with van der Waals surface area (Å²) in [5.41, 5.74) is -0.215. The van der Waals surface area contributed by atoms with Crippen LogP contribution in [0.2, 0.25) is 0 Å². The number of ether oxygens (including phenoxy) is 1. The summed E-state index contributed by atoms with van der Waals surface area (Å²) >= 11 is 0. The molecule has 110 valence electrons. The molecule has 2 aromatic rings. The van der Waals surface area contributed by atoms with Gasteiger partial charge in [-0.3, -0.25) is 9.59 Å². The first kappa shape index (κ1) is 14.8. The highest BCUT2D eigenvalue weighted by Crippen LogP contribution is 2.08. The topological polar surface area (TPSA) is 77.4 Å². The number of nitrogens with zero attached hydrogens (tertiary/aromatic N) is 1. The standard InChI is InChI=1S/C15H16N2O4/c1-10(18)16-13(15(20)21-2)9-17-8-7-11-5-3-4-6-12(11)14(17)19/h3-8,13H,9H2,1-2H3,(H,16,18). The zero-order valence-electron chi connectivity index (χ0n) is 11.8. The van der Waals surface area contributed by atoms with Crippen LogP contribution in [0.5, 0.6) is 0 Å². The van der Waals surface area contributed by atoms with Crippen LogP contribution in [0.25, 0.3) is 10.8 Å².